The lowest BCUT2D eigenvalue weighted by molar-refractivity contribution is 0.0512. The maximum atomic E-state index is 16.6. The van der Waals surface area contributed by atoms with E-state index in [1.165, 1.54) is 13.2 Å². The summed E-state index contributed by atoms with van der Waals surface area (Å²) in [5, 5.41) is 10.9. The van der Waals surface area contributed by atoms with Crippen LogP contribution in [0.15, 0.2) is 30.5 Å². The lowest BCUT2D eigenvalue weighted by Gasteiger charge is -2.32. The summed E-state index contributed by atoms with van der Waals surface area (Å²) in [5.41, 5.74) is -0.0768. The number of pyridine rings is 1. The zero-order chi connectivity index (χ0) is 28.7. The summed E-state index contributed by atoms with van der Waals surface area (Å²) in [5.74, 6) is 0.0262. The number of aromatic nitrogens is 3. The van der Waals surface area contributed by atoms with Crippen LogP contribution in [0.1, 0.15) is 32.6 Å². The Bertz CT molecular complexity index is 1620. The first-order chi connectivity index (χ1) is 19.8. The minimum atomic E-state index is -0.713. The highest BCUT2D eigenvalue weighted by Gasteiger charge is 2.43. The van der Waals surface area contributed by atoms with Crippen molar-refractivity contribution in [1.82, 2.24) is 15.0 Å². The van der Waals surface area contributed by atoms with E-state index in [9.17, 15) is 9.50 Å². The molecule has 41 heavy (non-hydrogen) atoms. The zero-order valence-corrected chi connectivity index (χ0v) is 23.7. The van der Waals surface area contributed by atoms with Crippen LogP contribution in [0.4, 0.5) is 14.6 Å². The van der Waals surface area contributed by atoms with Gasteiger partial charge in [-0.15, -0.1) is 0 Å². The molecule has 1 unspecified atom stereocenters. The van der Waals surface area contributed by atoms with E-state index in [0.717, 1.165) is 38.8 Å². The summed E-state index contributed by atoms with van der Waals surface area (Å²) < 4.78 is 47.8. The summed E-state index contributed by atoms with van der Waals surface area (Å²) in [6.07, 6.45) is 5.33. The molecule has 0 spiro atoms. The standard InChI is InChI=1S/C30H31ClF2N4O4/c1-17-4-3-9-37(13-17)28-21-12-34-26(25(33)27(21)35-29(36-28)40-15-30(14-38)7-8-30)20-11-19(41-16-39-2)10-18-5-6-22(32)24(31)23(18)20/h5-6,10-12,17,38H,3-4,7-9,13-16H2,1-2H3. The quantitative estimate of drug-likeness (QED) is 0.234. The van der Waals surface area contributed by atoms with E-state index in [4.69, 9.17) is 30.8 Å². The van der Waals surface area contributed by atoms with Gasteiger partial charge in [0.1, 0.15) is 28.6 Å². The molecule has 2 aliphatic rings. The number of hydrogen-bond acceptors (Lipinski definition) is 8. The van der Waals surface area contributed by atoms with Crippen molar-refractivity contribution < 1.29 is 28.1 Å². The number of fused-ring (bicyclic) bond motifs is 2. The van der Waals surface area contributed by atoms with Crippen molar-refractivity contribution in [2.45, 2.75) is 32.6 Å². The lowest BCUT2D eigenvalue weighted by Crippen LogP contribution is -2.35. The third-order valence-corrected chi connectivity index (χ3v) is 8.35. The second-order valence-electron chi connectivity index (χ2n) is 11.1. The predicted molar refractivity (Wildman–Crippen MR) is 153 cm³/mol. The Labute approximate surface area is 241 Å². The number of aliphatic hydroxyl groups excluding tert-OH is 1. The van der Waals surface area contributed by atoms with Gasteiger partial charge >= 0.3 is 6.01 Å². The van der Waals surface area contributed by atoms with Gasteiger partial charge in [0.15, 0.2) is 12.6 Å². The van der Waals surface area contributed by atoms with Crippen LogP contribution in [0.25, 0.3) is 32.9 Å². The van der Waals surface area contributed by atoms with E-state index in [-0.39, 0.29) is 53.2 Å². The van der Waals surface area contributed by atoms with Gasteiger partial charge in [0.05, 0.1) is 23.6 Å². The number of ether oxygens (including phenoxy) is 3. The lowest BCUT2D eigenvalue weighted by atomic mass is 9.99. The topological polar surface area (TPSA) is 89.8 Å². The van der Waals surface area contributed by atoms with Gasteiger partial charge in [-0.3, -0.25) is 4.98 Å². The molecule has 1 N–H and O–H groups in total. The molecule has 3 heterocycles. The van der Waals surface area contributed by atoms with Crippen LogP contribution in [-0.2, 0) is 4.74 Å². The van der Waals surface area contributed by atoms with Crippen molar-refractivity contribution in [3.05, 3.63) is 47.1 Å². The molecule has 4 aromatic rings. The van der Waals surface area contributed by atoms with Crippen molar-refractivity contribution >= 4 is 39.1 Å². The number of rotatable bonds is 9. The number of aliphatic hydroxyl groups is 1. The molecule has 8 nitrogen and oxygen atoms in total. The SMILES string of the molecule is COCOc1cc(-c2ncc3c(N4CCCC(C)C4)nc(OCC4(CO)CC4)nc3c2F)c2c(Cl)c(F)ccc2c1. The number of benzene rings is 2. The predicted octanol–water partition coefficient (Wildman–Crippen LogP) is 6.15. The molecule has 1 saturated carbocycles. The average molecular weight is 585 g/mol. The van der Waals surface area contributed by atoms with E-state index < -0.39 is 11.6 Å². The Morgan fingerprint density at radius 3 is 2.73 bits per heavy atom. The molecule has 1 aliphatic heterocycles. The summed E-state index contributed by atoms with van der Waals surface area (Å²) >= 11 is 6.41. The van der Waals surface area contributed by atoms with Crippen molar-refractivity contribution in [3.8, 4) is 23.0 Å². The van der Waals surface area contributed by atoms with Gasteiger partial charge < -0.3 is 24.2 Å². The largest absolute Gasteiger partial charge is 0.468 e. The normalized spacial score (nSPS) is 18.2. The van der Waals surface area contributed by atoms with E-state index in [0.29, 0.717) is 33.6 Å². The fourth-order valence-electron chi connectivity index (χ4n) is 5.41. The van der Waals surface area contributed by atoms with Crippen LogP contribution in [0, 0.1) is 23.0 Å². The van der Waals surface area contributed by atoms with Gasteiger partial charge in [-0.05, 0) is 55.2 Å². The minimum absolute atomic E-state index is 0.00534. The van der Waals surface area contributed by atoms with Crippen LogP contribution in [0.3, 0.4) is 0 Å². The van der Waals surface area contributed by atoms with Gasteiger partial charge in [0, 0.05) is 42.8 Å². The smallest absolute Gasteiger partial charge is 0.319 e. The average Bonchev–Trinajstić information content (AvgIpc) is 3.77. The number of methoxy groups -OCH3 is 1. The fraction of sp³-hybridized carbons (Fsp3) is 0.433. The monoisotopic (exact) mass is 584 g/mol. The Morgan fingerprint density at radius 1 is 1.17 bits per heavy atom. The van der Waals surface area contributed by atoms with Gasteiger partial charge in [-0.1, -0.05) is 24.6 Å². The molecule has 2 fully saturated rings. The summed E-state index contributed by atoms with van der Waals surface area (Å²) in [6.45, 7) is 3.91. The Balaban J connectivity index is 1.53. The first kappa shape index (κ1) is 27.8. The molecule has 0 bridgehead atoms. The molecule has 1 atom stereocenters. The third kappa shape index (κ3) is 5.36. The third-order valence-electron chi connectivity index (χ3n) is 7.98. The van der Waals surface area contributed by atoms with E-state index in [1.54, 1.807) is 24.4 Å². The number of halogens is 3. The molecule has 2 aromatic heterocycles. The Morgan fingerprint density at radius 2 is 2.00 bits per heavy atom. The van der Waals surface area contributed by atoms with Crippen LogP contribution < -0.4 is 14.4 Å². The maximum Gasteiger partial charge on any atom is 0.319 e. The van der Waals surface area contributed by atoms with E-state index in [2.05, 4.69) is 21.8 Å². The van der Waals surface area contributed by atoms with E-state index >= 15 is 4.39 Å². The Hall–Kier alpha value is -3.34. The van der Waals surface area contributed by atoms with Gasteiger partial charge in [0.2, 0.25) is 0 Å². The van der Waals surface area contributed by atoms with Gasteiger partial charge in [-0.25, -0.2) is 8.78 Å². The summed E-state index contributed by atoms with van der Waals surface area (Å²) in [6, 6.07) is 6.08. The molecule has 11 heteroatoms. The molecule has 216 valence electrons. The van der Waals surface area contributed by atoms with Gasteiger partial charge in [-0.2, -0.15) is 9.97 Å². The van der Waals surface area contributed by atoms with Crippen molar-refractivity contribution in [1.29, 1.82) is 0 Å². The Kier molecular flexibility index (Phi) is 7.56. The first-order valence-corrected chi connectivity index (χ1v) is 14.1. The summed E-state index contributed by atoms with van der Waals surface area (Å²) in [4.78, 5) is 15.8. The second-order valence-corrected chi connectivity index (χ2v) is 11.5. The van der Waals surface area contributed by atoms with E-state index in [1.807, 2.05) is 0 Å². The van der Waals surface area contributed by atoms with Crippen molar-refractivity contribution in [2.75, 3.05) is 45.1 Å². The highest BCUT2D eigenvalue weighted by Crippen LogP contribution is 2.45. The summed E-state index contributed by atoms with van der Waals surface area (Å²) in [7, 11) is 1.49. The van der Waals surface area contributed by atoms with Crippen LogP contribution in [-0.4, -0.2) is 60.3 Å². The highest BCUT2D eigenvalue weighted by atomic mass is 35.5. The molecular weight excluding hydrogens is 554 g/mol. The second kappa shape index (κ2) is 11.2. The highest BCUT2D eigenvalue weighted by molar-refractivity contribution is 6.37. The minimum Gasteiger partial charge on any atom is -0.468 e. The van der Waals surface area contributed by atoms with Crippen molar-refractivity contribution in [3.63, 3.8) is 0 Å². The van der Waals surface area contributed by atoms with Gasteiger partial charge in [0.25, 0.3) is 0 Å². The molecule has 6 rings (SSSR count). The zero-order valence-electron chi connectivity index (χ0n) is 22.9. The molecular formula is C30H31ClF2N4O4. The number of piperidine rings is 1. The fourth-order valence-corrected chi connectivity index (χ4v) is 5.68. The van der Waals surface area contributed by atoms with Crippen molar-refractivity contribution in [2.24, 2.45) is 11.3 Å². The van der Waals surface area contributed by atoms with Crippen LogP contribution in [0.5, 0.6) is 11.8 Å². The molecule has 1 saturated heterocycles. The molecule has 0 radical (unpaired) electrons. The number of hydrogen-bond donors (Lipinski definition) is 1. The molecule has 2 aromatic carbocycles. The maximum absolute atomic E-state index is 16.6. The van der Waals surface area contributed by atoms with Crippen LogP contribution >= 0.6 is 11.6 Å². The number of anilines is 1. The molecule has 1 aliphatic carbocycles. The molecule has 0 amide bonds. The number of nitrogens with zero attached hydrogens (tertiary/aromatic N) is 4. The first-order valence-electron chi connectivity index (χ1n) is 13.7. The van der Waals surface area contributed by atoms with Crippen LogP contribution in [0.2, 0.25) is 5.02 Å².